The summed E-state index contributed by atoms with van der Waals surface area (Å²) in [6, 6.07) is 8.54. The van der Waals surface area contributed by atoms with E-state index in [0.717, 1.165) is 11.3 Å². The molecule has 0 aliphatic rings. The Bertz CT molecular complexity index is 665. The fourth-order valence-electron chi connectivity index (χ4n) is 1.92. The standard InChI is InChI=1S/C13H11N3O2/c1-9-8-10(4-5-11(9)16(17)18)12-6-7-13(14-2)15(12)3/h4-8H,1,3H3. The van der Waals surface area contributed by atoms with Crippen LogP contribution in [0.25, 0.3) is 16.1 Å². The molecule has 0 saturated heterocycles. The van der Waals surface area contributed by atoms with Crippen LogP contribution in [0.1, 0.15) is 5.56 Å². The van der Waals surface area contributed by atoms with Gasteiger partial charge in [-0.05, 0) is 31.2 Å². The number of hydrogen-bond acceptors (Lipinski definition) is 2. The van der Waals surface area contributed by atoms with Gasteiger partial charge in [0.15, 0.2) is 0 Å². The van der Waals surface area contributed by atoms with Crippen LogP contribution in [0.3, 0.4) is 0 Å². The molecule has 0 bridgehead atoms. The molecule has 0 fully saturated rings. The molecule has 1 aromatic carbocycles. The van der Waals surface area contributed by atoms with Crippen molar-refractivity contribution in [2.45, 2.75) is 6.92 Å². The van der Waals surface area contributed by atoms with Crippen molar-refractivity contribution in [3.8, 4) is 11.3 Å². The van der Waals surface area contributed by atoms with Gasteiger partial charge in [-0.2, -0.15) is 0 Å². The summed E-state index contributed by atoms with van der Waals surface area (Å²) in [4.78, 5) is 13.7. The van der Waals surface area contributed by atoms with Crippen molar-refractivity contribution in [3.05, 3.63) is 57.4 Å². The summed E-state index contributed by atoms with van der Waals surface area (Å²) in [6.07, 6.45) is 0. The monoisotopic (exact) mass is 241 g/mol. The predicted molar refractivity (Wildman–Crippen MR) is 68.5 cm³/mol. The molecular formula is C13H11N3O2. The van der Waals surface area contributed by atoms with E-state index in [2.05, 4.69) is 4.85 Å². The zero-order chi connectivity index (χ0) is 13.3. The first-order chi connectivity index (χ1) is 8.54. The maximum atomic E-state index is 10.7. The first-order valence-corrected chi connectivity index (χ1v) is 5.33. The van der Waals surface area contributed by atoms with E-state index in [9.17, 15) is 10.1 Å². The van der Waals surface area contributed by atoms with Crippen molar-refractivity contribution in [3.63, 3.8) is 0 Å². The predicted octanol–water partition coefficient (Wildman–Crippen LogP) is 3.46. The summed E-state index contributed by atoms with van der Waals surface area (Å²) < 4.78 is 1.77. The highest BCUT2D eigenvalue weighted by molar-refractivity contribution is 5.67. The summed E-state index contributed by atoms with van der Waals surface area (Å²) in [5, 5.41) is 10.7. The molecule has 0 spiro atoms. The second-order valence-electron chi connectivity index (χ2n) is 4.01. The van der Waals surface area contributed by atoms with E-state index in [1.165, 1.54) is 6.07 Å². The summed E-state index contributed by atoms with van der Waals surface area (Å²) in [5.74, 6) is 0.543. The third-order valence-electron chi connectivity index (χ3n) is 2.90. The topological polar surface area (TPSA) is 52.4 Å². The molecule has 0 unspecified atom stereocenters. The number of nitro benzene ring substituents is 1. The molecule has 0 saturated carbocycles. The maximum absolute atomic E-state index is 10.7. The van der Waals surface area contributed by atoms with Gasteiger partial charge in [-0.1, -0.05) is 6.57 Å². The molecule has 1 aromatic heterocycles. The Labute approximate surface area is 104 Å². The van der Waals surface area contributed by atoms with Crippen molar-refractivity contribution in [2.24, 2.45) is 7.05 Å². The second-order valence-corrected chi connectivity index (χ2v) is 4.01. The molecule has 5 heteroatoms. The lowest BCUT2D eigenvalue weighted by Crippen LogP contribution is -1.94. The fourth-order valence-corrected chi connectivity index (χ4v) is 1.92. The molecule has 2 aromatic rings. The van der Waals surface area contributed by atoms with Gasteiger partial charge < -0.3 is 4.85 Å². The Kier molecular flexibility index (Phi) is 2.86. The maximum Gasteiger partial charge on any atom is 0.272 e. The molecule has 0 N–H and O–H groups in total. The van der Waals surface area contributed by atoms with E-state index in [1.54, 1.807) is 36.7 Å². The van der Waals surface area contributed by atoms with Gasteiger partial charge in [0.25, 0.3) is 5.69 Å². The quantitative estimate of drug-likeness (QED) is 0.459. The SMILES string of the molecule is [C-]#[N+]c1ccc(-c2ccc([N+](=O)[O-])c(C)c2)n1C. The van der Waals surface area contributed by atoms with Gasteiger partial charge >= 0.3 is 0 Å². The van der Waals surface area contributed by atoms with Crippen molar-refractivity contribution < 1.29 is 4.92 Å². The third kappa shape index (κ3) is 1.84. The van der Waals surface area contributed by atoms with Crippen LogP contribution in [-0.2, 0) is 7.05 Å². The Morgan fingerprint density at radius 3 is 2.56 bits per heavy atom. The van der Waals surface area contributed by atoms with Gasteiger partial charge in [0.05, 0.1) is 12.0 Å². The lowest BCUT2D eigenvalue weighted by molar-refractivity contribution is -0.385. The van der Waals surface area contributed by atoms with Gasteiger partial charge in [0.1, 0.15) is 5.69 Å². The van der Waals surface area contributed by atoms with Crippen molar-refractivity contribution in [1.29, 1.82) is 0 Å². The van der Waals surface area contributed by atoms with Gasteiger partial charge in [0.2, 0.25) is 5.82 Å². The average Bonchev–Trinajstić information content (AvgIpc) is 2.69. The molecule has 90 valence electrons. The van der Waals surface area contributed by atoms with Crippen molar-refractivity contribution in [1.82, 2.24) is 4.57 Å². The minimum atomic E-state index is -0.394. The van der Waals surface area contributed by atoms with E-state index < -0.39 is 4.92 Å². The summed E-state index contributed by atoms with van der Waals surface area (Å²) in [6.45, 7) is 8.72. The Balaban J connectivity index is 2.53. The molecule has 0 amide bonds. The Hall–Kier alpha value is -2.61. The van der Waals surface area contributed by atoms with Crippen LogP contribution in [-0.4, -0.2) is 9.49 Å². The van der Waals surface area contributed by atoms with Gasteiger partial charge in [-0.3, -0.25) is 14.7 Å². The van der Waals surface area contributed by atoms with Crippen molar-refractivity contribution in [2.75, 3.05) is 0 Å². The molecule has 0 atom stereocenters. The van der Waals surface area contributed by atoms with Crippen LogP contribution in [0, 0.1) is 23.6 Å². The van der Waals surface area contributed by atoms with E-state index >= 15 is 0 Å². The van der Waals surface area contributed by atoms with Gasteiger partial charge in [-0.25, -0.2) is 0 Å². The van der Waals surface area contributed by atoms with Crippen LogP contribution in [0.4, 0.5) is 11.5 Å². The minimum absolute atomic E-state index is 0.110. The number of rotatable bonds is 2. The smallest absolute Gasteiger partial charge is 0.272 e. The first kappa shape index (κ1) is 11.9. The van der Waals surface area contributed by atoms with Gasteiger partial charge in [-0.15, -0.1) is 0 Å². The number of nitro groups is 1. The number of aromatic nitrogens is 1. The zero-order valence-electron chi connectivity index (χ0n) is 10.0. The normalized spacial score (nSPS) is 10.1. The van der Waals surface area contributed by atoms with E-state index in [1.807, 2.05) is 6.07 Å². The van der Waals surface area contributed by atoms with Crippen LogP contribution in [0.5, 0.6) is 0 Å². The second kappa shape index (κ2) is 4.34. The molecule has 0 aliphatic carbocycles. The summed E-state index contributed by atoms with van der Waals surface area (Å²) in [7, 11) is 1.81. The van der Waals surface area contributed by atoms with Crippen LogP contribution < -0.4 is 0 Å². The highest BCUT2D eigenvalue weighted by Gasteiger charge is 2.14. The van der Waals surface area contributed by atoms with Crippen molar-refractivity contribution >= 4 is 11.5 Å². The van der Waals surface area contributed by atoms with E-state index in [-0.39, 0.29) is 5.69 Å². The fraction of sp³-hybridized carbons (Fsp3) is 0.154. The Morgan fingerprint density at radius 2 is 2.06 bits per heavy atom. The van der Waals surface area contributed by atoms with Crippen LogP contribution in [0.15, 0.2) is 30.3 Å². The molecule has 2 rings (SSSR count). The largest absolute Gasteiger partial charge is 0.364 e. The lowest BCUT2D eigenvalue weighted by Gasteiger charge is -2.03. The molecule has 1 heterocycles. The highest BCUT2D eigenvalue weighted by atomic mass is 16.6. The van der Waals surface area contributed by atoms with E-state index in [0.29, 0.717) is 11.4 Å². The molecule has 0 aliphatic heterocycles. The van der Waals surface area contributed by atoms with Gasteiger partial charge in [0, 0.05) is 17.2 Å². The minimum Gasteiger partial charge on any atom is -0.364 e. The first-order valence-electron chi connectivity index (χ1n) is 5.33. The summed E-state index contributed by atoms with van der Waals surface area (Å²) in [5.41, 5.74) is 2.47. The molecular weight excluding hydrogens is 230 g/mol. The molecule has 0 radical (unpaired) electrons. The summed E-state index contributed by atoms with van der Waals surface area (Å²) >= 11 is 0. The number of aryl methyl sites for hydroxylation is 1. The highest BCUT2D eigenvalue weighted by Crippen LogP contribution is 2.29. The average molecular weight is 241 g/mol. The number of hydrogen-bond donors (Lipinski definition) is 0. The zero-order valence-corrected chi connectivity index (χ0v) is 10.0. The number of benzene rings is 1. The van der Waals surface area contributed by atoms with Crippen LogP contribution >= 0.6 is 0 Å². The Morgan fingerprint density at radius 1 is 1.33 bits per heavy atom. The number of nitrogens with zero attached hydrogens (tertiary/aromatic N) is 3. The molecule has 5 nitrogen and oxygen atoms in total. The van der Waals surface area contributed by atoms with Crippen LogP contribution in [0.2, 0.25) is 0 Å². The van der Waals surface area contributed by atoms with E-state index in [4.69, 9.17) is 6.57 Å². The third-order valence-corrected chi connectivity index (χ3v) is 2.90. The molecule has 18 heavy (non-hydrogen) atoms. The lowest BCUT2D eigenvalue weighted by atomic mass is 10.1.